The van der Waals surface area contributed by atoms with Crippen molar-refractivity contribution in [3.8, 4) is 28.3 Å². The lowest BCUT2D eigenvalue weighted by atomic mass is 10.00. The van der Waals surface area contributed by atoms with Gasteiger partial charge < -0.3 is 4.74 Å². The molecule has 6 nitrogen and oxygen atoms in total. The zero-order valence-electron chi connectivity index (χ0n) is 17.9. The molecule has 0 aliphatic rings. The first-order chi connectivity index (χ1) is 14.7. The van der Waals surface area contributed by atoms with E-state index in [1.54, 1.807) is 6.07 Å². The van der Waals surface area contributed by atoms with Crippen LogP contribution in [0.1, 0.15) is 26.0 Å². The first-order valence-corrected chi connectivity index (χ1v) is 9.95. The van der Waals surface area contributed by atoms with Crippen molar-refractivity contribution in [2.75, 3.05) is 7.11 Å². The molecule has 0 saturated heterocycles. The van der Waals surface area contributed by atoms with E-state index in [1.807, 2.05) is 37.3 Å². The predicted octanol–water partition coefficient (Wildman–Crippen LogP) is 5.15. The number of aryl methyl sites for hydroxylation is 2. The highest BCUT2D eigenvalue weighted by Crippen LogP contribution is 2.34. The summed E-state index contributed by atoms with van der Waals surface area (Å²) in [5.74, 6) is -0.0815. The van der Waals surface area contributed by atoms with Crippen LogP contribution < -0.4 is 4.74 Å². The van der Waals surface area contributed by atoms with Gasteiger partial charge in [-0.2, -0.15) is 9.49 Å². The maximum absolute atomic E-state index is 15.1. The lowest BCUT2D eigenvalue weighted by Crippen LogP contribution is -2.17. The third-order valence-corrected chi connectivity index (χ3v) is 5.07. The summed E-state index contributed by atoms with van der Waals surface area (Å²) in [6, 6.07) is 11.1. The first kappa shape index (κ1) is 20.8. The van der Waals surface area contributed by atoms with Gasteiger partial charge in [-0.3, -0.25) is 4.98 Å². The van der Waals surface area contributed by atoms with Gasteiger partial charge in [0, 0.05) is 41.2 Å². The Hall–Kier alpha value is -3.42. The maximum atomic E-state index is 15.1. The second kappa shape index (κ2) is 8.02. The van der Waals surface area contributed by atoms with Crippen LogP contribution in [-0.2, 0) is 6.54 Å². The second-order valence-electron chi connectivity index (χ2n) is 8.05. The molecule has 8 heteroatoms. The number of alkyl halides is 1. The van der Waals surface area contributed by atoms with E-state index in [0.717, 1.165) is 16.6 Å². The van der Waals surface area contributed by atoms with E-state index < -0.39 is 11.6 Å². The van der Waals surface area contributed by atoms with E-state index in [1.165, 1.54) is 31.8 Å². The summed E-state index contributed by atoms with van der Waals surface area (Å²) in [5, 5.41) is 13.2. The summed E-state index contributed by atoms with van der Waals surface area (Å²) < 4.78 is 35.3. The first-order valence-electron chi connectivity index (χ1n) is 9.95. The number of hydrogen-bond acceptors (Lipinski definition) is 5. The maximum Gasteiger partial charge on any atom is 0.233 e. The molecule has 1 aromatic carbocycles. The number of benzene rings is 1. The Labute approximate surface area is 178 Å². The SMILES string of the molecule is COc1cc2ccc(-c3nc(C)ccc3-c3cnn(CCC(C)(C)F)c3F)cc2nn1. The van der Waals surface area contributed by atoms with Crippen LogP contribution >= 0.6 is 0 Å². The van der Waals surface area contributed by atoms with Gasteiger partial charge in [0.1, 0.15) is 5.67 Å². The average molecular weight is 423 g/mol. The minimum absolute atomic E-state index is 0.150. The Morgan fingerprint density at radius 1 is 1.06 bits per heavy atom. The van der Waals surface area contributed by atoms with Crippen LogP contribution in [0.2, 0.25) is 0 Å². The minimum atomic E-state index is -1.40. The summed E-state index contributed by atoms with van der Waals surface area (Å²) in [6.45, 7) is 4.96. The van der Waals surface area contributed by atoms with Crippen LogP contribution in [0.3, 0.4) is 0 Å². The molecule has 31 heavy (non-hydrogen) atoms. The Kier molecular flexibility index (Phi) is 5.39. The molecule has 0 saturated carbocycles. The van der Waals surface area contributed by atoms with Gasteiger partial charge in [0.05, 0.1) is 30.1 Å². The lowest BCUT2D eigenvalue weighted by Gasteiger charge is -2.14. The molecular weight excluding hydrogens is 400 g/mol. The molecular formula is C23H23F2N5O. The van der Waals surface area contributed by atoms with E-state index >= 15 is 4.39 Å². The van der Waals surface area contributed by atoms with E-state index in [9.17, 15) is 4.39 Å². The highest BCUT2D eigenvalue weighted by molar-refractivity contribution is 5.88. The van der Waals surface area contributed by atoms with Gasteiger partial charge >= 0.3 is 0 Å². The predicted molar refractivity (Wildman–Crippen MR) is 115 cm³/mol. The molecule has 0 spiro atoms. The third-order valence-electron chi connectivity index (χ3n) is 5.07. The zero-order chi connectivity index (χ0) is 22.2. The van der Waals surface area contributed by atoms with E-state index in [0.29, 0.717) is 28.2 Å². The topological polar surface area (TPSA) is 65.7 Å². The number of hydrogen-bond donors (Lipinski definition) is 0. The number of fused-ring (bicyclic) bond motifs is 1. The zero-order valence-corrected chi connectivity index (χ0v) is 17.9. The van der Waals surface area contributed by atoms with E-state index in [2.05, 4.69) is 20.3 Å². The van der Waals surface area contributed by atoms with Crippen molar-refractivity contribution in [2.45, 2.75) is 39.4 Å². The van der Waals surface area contributed by atoms with Crippen LogP contribution in [0.25, 0.3) is 33.3 Å². The Morgan fingerprint density at radius 3 is 2.61 bits per heavy atom. The molecule has 0 radical (unpaired) electrons. The third kappa shape index (κ3) is 4.38. The van der Waals surface area contributed by atoms with Crippen molar-refractivity contribution < 1.29 is 13.5 Å². The number of aromatic nitrogens is 5. The van der Waals surface area contributed by atoms with E-state index in [-0.39, 0.29) is 13.0 Å². The van der Waals surface area contributed by atoms with Gasteiger partial charge in [0.25, 0.3) is 0 Å². The number of pyridine rings is 1. The van der Waals surface area contributed by atoms with Crippen molar-refractivity contribution in [1.82, 2.24) is 25.0 Å². The van der Waals surface area contributed by atoms with Gasteiger partial charge in [-0.15, -0.1) is 10.2 Å². The van der Waals surface area contributed by atoms with Gasteiger partial charge in [0.2, 0.25) is 11.8 Å². The smallest absolute Gasteiger partial charge is 0.233 e. The Balaban J connectivity index is 1.77. The molecule has 3 aromatic heterocycles. The number of ether oxygens (including phenoxy) is 1. The molecule has 0 amide bonds. The summed E-state index contributed by atoms with van der Waals surface area (Å²) in [5.41, 5.74) is 2.39. The van der Waals surface area contributed by atoms with Crippen molar-refractivity contribution in [3.63, 3.8) is 0 Å². The Morgan fingerprint density at radius 2 is 1.87 bits per heavy atom. The molecule has 0 aliphatic heterocycles. The van der Waals surface area contributed by atoms with Crippen LogP contribution in [0.5, 0.6) is 5.88 Å². The standard InChI is InChI=1S/C23H23F2N5O/c1-14-5-8-17(18-13-26-30(22(18)24)10-9-23(2,3)25)21(27-14)16-7-6-15-12-20(31-4)29-28-19(15)11-16/h5-8,11-13H,9-10H2,1-4H3. The second-order valence-corrected chi connectivity index (χ2v) is 8.05. The average Bonchev–Trinajstić information content (AvgIpc) is 3.11. The quantitative estimate of drug-likeness (QED) is 0.429. The normalized spacial score (nSPS) is 11.8. The summed E-state index contributed by atoms with van der Waals surface area (Å²) in [4.78, 5) is 4.66. The van der Waals surface area contributed by atoms with Crippen molar-refractivity contribution in [1.29, 1.82) is 0 Å². The molecule has 160 valence electrons. The molecule has 0 fully saturated rings. The molecule has 0 bridgehead atoms. The molecule has 4 rings (SSSR count). The van der Waals surface area contributed by atoms with Crippen LogP contribution in [0.15, 0.2) is 42.6 Å². The Bertz CT molecular complexity index is 1250. The molecule has 0 unspecified atom stereocenters. The minimum Gasteiger partial charge on any atom is -0.480 e. The fraction of sp³-hybridized carbons (Fsp3) is 0.304. The molecule has 0 aliphatic carbocycles. The molecule has 0 atom stereocenters. The molecule has 3 heterocycles. The van der Waals surface area contributed by atoms with Gasteiger partial charge in [0.15, 0.2) is 0 Å². The summed E-state index contributed by atoms with van der Waals surface area (Å²) in [7, 11) is 1.54. The highest BCUT2D eigenvalue weighted by atomic mass is 19.1. The number of nitrogens with zero attached hydrogens (tertiary/aromatic N) is 5. The highest BCUT2D eigenvalue weighted by Gasteiger charge is 2.21. The van der Waals surface area contributed by atoms with Crippen LogP contribution in [0.4, 0.5) is 8.78 Å². The fourth-order valence-corrected chi connectivity index (χ4v) is 3.34. The largest absolute Gasteiger partial charge is 0.480 e. The van der Waals surface area contributed by atoms with Crippen LogP contribution in [0, 0.1) is 12.9 Å². The van der Waals surface area contributed by atoms with Crippen LogP contribution in [-0.4, -0.2) is 37.7 Å². The van der Waals surface area contributed by atoms with Crippen molar-refractivity contribution in [2.24, 2.45) is 0 Å². The lowest BCUT2D eigenvalue weighted by molar-refractivity contribution is 0.186. The van der Waals surface area contributed by atoms with Gasteiger partial charge in [-0.05, 0) is 32.9 Å². The van der Waals surface area contributed by atoms with E-state index in [4.69, 9.17) is 4.74 Å². The van der Waals surface area contributed by atoms with Crippen molar-refractivity contribution in [3.05, 3.63) is 54.2 Å². The van der Waals surface area contributed by atoms with Gasteiger partial charge in [-0.25, -0.2) is 9.07 Å². The number of methoxy groups -OCH3 is 1. The van der Waals surface area contributed by atoms with Crippen molar-refractivity contribution >= 4 is 10.9 Å². The summed E-state index contributed by atoms with van der Waals surface area (Å²) >= 11 is 0. The summed E-state index contributed by atoms with van der Waals surface area (Å²) in [6.07, 6.45) is 1.62. The number of halogens is 2. The van der Waals surface area contributed by atoms with Gasteiger partial charge in [-0.1, -0.05) is 18.2 Å². The number of rotatable bonds is 6. The molecule has 4 aromatic rings. The fourth-order valence-electron chi connectivity index (χ4n) is 3.34. The monoisotopic (exact) mass is 423 g/mol. The molecule has 0 N–H and O–H groups in total.